The summed E-state index contributed by atoms with van der Waals surface area (Å²) in [5.41, 5.74) is 2.58. The van der Waals surface area contributed by atoms with Crippen LogP contribution in [0.25, 0.3) is 0 Å². The maximum atomic E-state index is 12.5. The highest BCUT2D eigenvalue weighted by atomic mass is 16.1. The zero-order valence-electron chi connectivity index (χ0n) is 17.2. The van der Waals surface area contributed by atoms with Crippen LogP contribution in [-0.4, -0.2) is 35.0 Å². The van der Waals surface area contributed by atoms with E-state index in [4.69, 9.17) is 0 Å². The Balaban J connectivity index is 1.36. The quantitative estimate of drug-likeness (QED) is 0.782. The van der Waals surface area contributed by atoms with Crippen molar-refractivity contribution < 1.29 is 4.79 Å². The van der Waals surface area contributed by atoms with Crippen molar-refractivity contribution in [1.82, 2.24) is 15.3 Å². The number of amides is 1. The van der Waals surface area contributed by atoms with Crippen molar-refractivity contribution in [3.63, 3.8) is 0 Å². The third kappa shape index (κ3) is 5.25. The van der Waals surface area contributed by atoms with E-state index in [-0.39, 0.29) is 11.9 Å². The molecular formula is C23H31N5O. The molecule has 4 rings (SSSR count). The monoisotopic (exact) mass is 393 g/mol. The number of carbonyl (C=O) groups excluding carboxylic acids is 1. The highest BCUT2D eigenvalue weighted by Gasteiger charge is 2.18. The number of hydrogen-bond donors (Lipinski definition) is 2. The number of nitrogens with zero attached hydrogens (tertiary/aromatic N) is 3. The van der Waals surface area contributed by atoms with Crippen LogP contribution in [0.4, 0.5) is 17.3 Å². The van der Waals surface area contributed by atoms with E-state index in [2.05, 4.69) is 44.6 Å². The molecule has 2 fully saturated rings. The highest BCUT2D eigenvalue weighted by Crippen LogP contribution is 2.25. The van der Waals surface area contributed by atoms with Crippen LogP contribution < -0.4 is 15.5 Å². The van der Waals surface area contributed by atoms with Crippen molar-refractivity contribution in [1.29, 1.82) is 0 Å². The summed E-state index contributed by atoms with van der Waals surface area (Å²) in [4.78, 5) is 23.6. The molecule has 0 atom stereocenters. The molecule has 6 heteroatoms. The van der Waals surface area contributed by atoms with E-state index in [0.29, 0.717) is 11.6 Å². The minimum Gasteiger partial charge on any atom is -0.372 e. The van der Waals surface area contributed by atoms with Gasteiger partial charge in [0.15, 0.2) is 0 Å². The molecule has 1 aliphatic carbocycles. The summed E-state index contributed by atoms with van der Waals surface area (Å²) < 4.78 is 0. The Morgan fingerprint density at radius 2 is 1.72 bits per heavy atom. The van der Waals surface area contributed by atoms with Crippen LogP contribution in [0.2, 0.25) is 0 Å². The molecule has 1 aromatic carbocycles. The highest BCUT2D eigenvalue weighted by molar-refractivity contribution is 5.92. The molecule has 6 nitrogen and oxygen atoms in total. The van der Waals surface area contributed by atoms with Gasteiger partial charge < -0.3 is 15.5 Å². The van der Waals surface area contributed by atoms with Crippen LogP contribution in [-0.2, 0) is 0 Å². The number of piperidine rings is 1. The fourth-order valence-corrected chi connectivity index (χ4v) is 4.20. The first-order chi connectivity index (χ1) is 14.2. The molecule has 1 saturated carbocycles. The first kappa shape index (κ1) is 19.7. The maximum absolute atomic E-state index is 12.5. The number of anilines is 3. The van der Waals surface area contributed by atoms with Gasteiger partial charge in [-0.25, -0.2) is 9.97 Å². The third-order valence-electron chi connectivity index (χ3n) is 6.10. The second kappa shape index (κ2) is 9.25. The van der Waals surface area contributed by atoms with Crippen LogP contribution in [0.5, 0.6) is 0 Å². The lowest BCUT2D eigenvalue weighted by atomic mass is 9.95. The topological polar surface area (TPSA) is 70.2 Å². The van der Waals surface area contributed by atoms with E-state index in [9.17, 15) is 4.79 Å². The van der Waals surface area contributed by atoms with Gasteiger partial charge in [-0.2, -0.15) is 0 Å². The van der Waals surface area contributed by atoms with Gasteiger partial charge in [0.1, 0.15) is 5.69 Å². The molecule has 1 saturated heterocycles. The van der Waals surface area contributed by atoms with Crippen LogP contribution in [0.3, 0.4) is 0 Å². The van der Waals surface area contributed by atoms with E-state index in [0.717, 1.165) is 37.5 Å². The van der Waals surface area contributed by atoms with E-state index in [1.807, 2.05) is 12.1 Å². The van der Waals surface area contributed by atoms with Gasteiger partial charge in [-0.05, 0) is 61.9 Å². The van der Waals surface area contributed by atoms with E-state index < -0.39 is 0 Å². The van der Waals surface area contributed by atoms with E-state index in [1.54, 1.807) is 12.3 Å². The van der Waals surface area contributed by atoms with Crippen LogP contribution >= 0.6 is 0 Å². The fourth-order valence-electron chi connectivity index (χ4n) is 4.20. The van der Waals surface area contributed by atoms with Gasteiger partial charge in [0.2, 0.25) is 5.95 Å². The van der Waals surface area contributed by atoms with Crippen molar-refractivity contribution in [2.45, 2.75) is 57.9 Å². The van der Waals surface area contributed by atoms with Gasteiger partial charge in [0.05, 0.1) is 0 Å². The summed E-state index contributed by atoms with van der Waals surface area (Å²) in [6, 6.07) is 10.3. The van der Waals surface area contributed by atoms with Gasteiger partial charge in [0, 0.05) is 36.7 Å². The smallest absolute Gasteiger partial charge is 0.270 e. The summed E-state index contributed by atoms with van der Waals surface area (Å²) in [5.74, 6) is 1.16. The number of carbonyl (C=O) groups is 1. The number of benzene rings is 1. The molecule has 0 radical (unpaired) electrons. The van der Waals surface area contributed by atoms with Crippen molar-refractivity contribution >= 4 is 23.2 Å². The number of rotatable bonds is 5. The van der Waals surface area contributed by atoms with Gasteiger partial charge in [-0.15, -0.1) is 0 Å². The number of nitrogens with one attached hydrogen (secondary N) is 2. The van der Waals surface area contributed by atoms with Gasteiger partial charge >= 0.3 is 0 Å². The second-order valence-corrected chi connectivity index (χ2v) is 8.42. The fraction of sp³-hybridized carbons (Fsp3) is 0.522. The molecule has 2 N–H and O–H groups in total. The molecule has 1 amide bonds. The molecule has 2 aromatic rings. The van der Waals surface area contributed by atoms with Crippen molar-refractivity contribution in [3.05, 3.63) is 42.2 Å². The van der Waals surface area contributed by atoms with Crippen LogP contribution in [0, 0.1) is 5.92 Å². The lowest BCUT2D eigenvalue weighted by Gasteiger charge is -2.32. The Kier molecular flexibility index (Phi) is 6.27. The van der Waals surface area contributed by atoms with Crippen molar-refractivity contribution in [2.75, 3.05) is 23.3 Å². The molecule has 2 aliphatic rings. The van der Waals surface area contributed by atoms with Gasteiger partial charge in [-0.1, -0.05) is 26.2 Å². The largest absolute Gasteiger partial charge is 0.372 e. The number of aromatic nitrogens is 2. The van der Waals surface area contributed by atoms with Crippen molar-refractivity contribution in [2.24, 2.45) is 5.92 Å². The predicted octanol–water partition coefficient (Wildman–Crippen LogP) is 4.52. The van der Waals surface area contributed by atoms with Crippen molar-refractivity contribution in [3.8, 4) is 0 Å². The Bertz CT molecular complexity index is 808. The minimum atomic E-state index is -0.114. The molecule has 1 aromatic heterocycles. The molecule has 154 valence electrons. The molecule has 1 aliphatic heterocycles. The zero-order valence-corrected chi connectivity index (χ0v) is 17.2. The molecule has 0 bridgehead atoms. The lowest BCUT2D eigenvalue weighted by Crippen LogP contribution is -2.36. The van der Waals surface area contributed by atoms with Gasteiger partial charge in [-0.3, -0.25) is 4.79 Å². The van der Waals surface area contributed by atoms with Crippen LogP contribution in [0.15, 0.2) is 36.5 Å². The lowest BCUT2D eigenvalue weighted by molar-refractivity contribution is 0.0922. The molecular weight excluding hydrogens is 362 g/mol. The molecule has 2 heterocycles. The molecule has 0 spiro atoms. The minimum absolute atomic E-state index is 0.114. The van der Waals surface area contributed by atoms with E-state index in [1.165, 1.54) is 37.8 Å². The predicted molar refractivity (Wildman–Crippen MR) is 117 cm³/mol. The maximum Gasteiger partial charge on any atom is 0.270 e. The van der Waals surface area contributed by atoms with Gasteiger partial charge in [0.25, 0.3) is 5.91 Å². The molecule has 0 unspecified atom stereocenters. The summed E-state index contributed by atoms with van der Waals surface area (Å²) in [7, 11) is 0. The number of hydrogen-bond acceptors (Lipinski definition) is 5. The summed E-state index contributed by atoms with van der Waals surface area (Å²) in [6.45, 7) is 4.57. The standard InChI is InChI=1S/C23H31N5O/c1-17-12-15-28(16-13-17)20-9-7-19(8-10-20)26-23-24-14-11-21(27-23)22(29)25-18-5-3-2-4-6-18/h7-11,14,17-18H,2-6,12-13,15-16H2,1H3,(H,25,29)(H,24,26,27). The average molecular weight is 394 g/mol. The molecule has 29 heavy (non-hydrogen) atoms. The summed E-state index contributed by atoms with van der Waals surface area (Å²) in [5, 5.41) is 6.33. The summed E-state index contributed by atoms with van der Waals surface area (Å²) >= 11 is 0. The Labute approximate surface area is 173 Å². The van der Waals surface area contributed by atoms with Crippen LogP contribution in [0.1, 0.15) is 62.4 Å². The van der Waals surface area contributed by atoms with E-state index >= 15 is 0 Å². The Morgan fingerprint density at radius 1 is 1.00 bits per heavy atom. The summed E-state index contributed by atoms with van der Waals surface area (Å²) in [6.07, 6.45) is 9.90. The Morgan fingerprint density at radius 3 is 2.45 bits per heavy atom. The first-order valence-corrected chi connectivity index (χ1v) is 10.9. The zero-order chi connectivity index (χ0) is 20.1. The third-order valence-corrected chi connectivity index (χ3v) is 6.10. The normalized spacial score (nSPS) is 18.4. The first-order valence-electron chi connectivity index (χ1n) is 10.9. The Hall–Kier alpha value is -2.63. The SMILES string of the molecule is CC1CCN(c2ccc(Nc3nccc(C(=O)NC4CCCCC4)n3)cc2)CC1. The average Bonchev–Trinajstić information content (AvgIpc) is 2.76. The second-order valence-electron chi connectivity index (χ2n) is 8.42.